The fourth-order valence-corrected chi connectivity index (χ4v) is 0.703. The fraction of sp³-hybridized carbons (Fsp3) is 0.667. The van der Waals surface area contributed by atoms with E-state index >= 15 is 0 Å². The van der Waals surface area contributed by atoms with Crippen molar-refractivity contribution in [2.24, 2.45) is 0 Å². The lowest BCUT2D eigenvalue weighted by atomic mass is 10.2. The molecule has 82 valence electrons. The zero-order valence-corrected chi connectivity index (χ0v) is 7.93. The van der Waals surface area contributed by atoms with Crippen LogP contribution in [0.5, 0.6) is 0 Å². The first-order valence-corrected chi connectivity index (χ1v) is 4.35. The first-order valence-electron chi connectivity index (χ1n) is 4.35. The number of halogens is 3. The fourth-order valence-electron chi connectivity index (χ4n) is 0.703. The van der Waals surface area contributed by atoms with E-state index in [0.717, 1.165) is 18.9 Å². The molecule has 0 amide bonds. The number of esters is 1. The lowest BCUT2D eigenvalue weighted by molar-refractivity contribution is -0.182. The summed E-state index contributed by atoms with van der Waals surface area (Å²) < 4.78 is 38.6. The van der Waals surface area contributed by atoms with Gasteiger partial charge in [0, 0.05) is 6.08 Å². The van der Waals surface area contributed by atoms with Crippen LogP contribution in [0.2, 0.25) is 0 Å². The Labute approximate surface area is 80.7 Å². The monoisotopic (exact) mass is 210 g/mol. The Morgan fingerprint density at radius 2 is 2.07 bits per heavy atom. The Hall–Kier alpha value is -1.00. The molecule has 14 heavy (non-hydrogen) atoms. The molecule has 0 spiro atoms. The van der Waals surface area contributed by atoms with E-state index in [0.29, 0.717) is 6.42 Å². The number of carbonyl (C=O) groups is 1. The van der Waals surface area contributed by atoms with E-state index < -0.39 is 18.8 Å². The molecule has 0 N–H and O–H groups in total. The summed E-state index contributed by atoms with van der Waals surface area (Å²) in [5, 5.41) is 0. The van der Waals surface area contributed by atoms with Gasteiger partial charge in [0.2, 0.25) is 0 Å². The molecule has 0 saturated carbocycles. The molecule has 0 aliphatic carbocycles. The summed E-state index contributed by atoms with van der Waals surface area (Å²) in [5.41, 5.74) is 0. The van der Waals surface area contributed by atoms with Crippen molar-refractivity contribution in [3.05, 3.63) is 12.2 Å². The molecule has 0 atom stereocenters. The highest BCUT2D eigenvalue weighted by Gasteiger charge is 2.29. The van der Waals surface area contributed by atoms with Crippen molar-refractivity contribution >= 4 is 5.97 Å². The summed E-state index contributed by atoms with van der Waals surface area (Å²) in [4.78, 5) is 10.6. The van der Waals surface area contributed by atoms with Crippen molar-refractivity contribution in [2.45, 2.75) is 32.4 Å². The van der Waals surface area contributed by atoms with E-state index in [1.54, 1.807) is 0 Å². The predicted octanol–water partition coefficient (Wildman–Crippen LogP) is 2.84. The van der Waals surface area contributed by atoms with Gasteiger partial charge in [-0.1, -0.05) is 25.8 Å². The van der Waals surface area contributed by atoms with Gasteiger partial charge in [0.1, 0.15) is 0 Å². The van der Waals surface area contributed by atoms with Gasteiger partial charge < -0.3 is 4.74 Å². The third-order valence-electron chi connectivity index (χ3n) is 1.36. The largest absolute Gasteiger partial charge is 0.453 e. The minimum Gasteiger partial charge on any atom is -0.453 e. The zero-order valence-electron chi connectivity index (χ0n) is 7.93. The van der Waals surface area contributed by atoms with Gasteiger partial charge in [-0.05, 0) is 6.42 Å². The average molecular weight is 210 g/mol. The second-order valence-electron chi connectivity index (χ2n) is 2.77. The standard InChI is InChI=1S/C9H13F3O2/c1-2-3-4-5-6-8(13)14-7-9(10,11)12/h5-6H,2-4,7H2,1H3/b6-5-. The number of hydrogen-bond donors (Lipinski definition) is 0. The van der Waals surface area contributed by atoms with Crippen molar-refractivity contribution in [1.82, 2.24) is 0 Å². The molecule has 0 aliphatic heterocycles. The summed E-state index contributed by atoms with van der Waals surface area (Å²) >= 11 is 0. The molecular weight excluding hydrogens is 197 g/mol. The Bertz CT molecular complexity index is 197. The Morgan fingerprint density at radius 3 is 2.57 bits per heavy atom. The average Bonchev–Trinajstić information content (AvgIpc) is 2.08. The first-order chi connectivity index (χ1) is 6.45. The van der Waals surface area contributed by atoms with E-state index in [1.165, 1.54) is 6.08 Å². The van der Waals surface area contributed by atoms with Crippen LogP contribution in [-0.2, 0) is 9.53 Å². The summed E-state index contributed by atoms with van der Waals surface area (Å²) in [6.07, 6.45) is 0.652. The SMILES string of the molecule is CCCC/C=C\C(=O)OCC(F)(F)F. The molecule has 0 bridgehead atoms. The molecule has 0 radical (unpaired) electrons. The van der Waals surface area contributed by atoms with Gasteiger partial charge in [-0.3, -0.25) is 0 Å². The summed E-state index contributed by atoms with van der Waals surface area (Å²) in [5.74, 6) is -0.946. The molecule has 0 aromatic rings. The van der Waals surface area contributed by atoms with Gasteiger partial charge >= 0.3 is 12.1 Å². The van der Waals surface area contributed by atoms with E-state index in [9.17, 15) is 18.0 Å². The number of alkyl halides is 3. The number of carbonyl (C=O) groups excluding carboxylic acids is 1. The summed E-state index contributed by atoms with van der Waals surface area (Å²) in [6.45, 7) is 0.458. The van der Waals surface area contributed by atoms with Crippen LogP contribution in [0.3, 0.4) is 0 Å². The number of hydrogen-bond acceptors (Lipinski definition) is 2. The number of ether oxygens (including phenoxy) is 1. The summed E-state index contributed by atoms with van der Waals surface area (Å²) in [6, 6.07) is 0. The maximum Gasteiger partial charge on any atom is 0.422 e. The van der Waals surface area contributed by atoms with Crippen LogP contribution in [0.1, 0.15) is 26.2 Å². The maximum atomic E-state index is 11.6. The topological polar surface area (TPSA) is 26.3 Å². The molecule has 0 fully saturated rings. The molecular formula is C9H13F3O2. The third kappa shape index (κ3) is 9.09. The van der Waals surface area contributed by atoms with E-state index in [-0.39, 0.29) is 0 Å². The molecule has 0 heterocycles. The predicted molar refractivity (Wildman–Crippen MR) is 45.7 cm³/mol. The van der Waals surface area contributed by atoms with Crippen molar-refractivity contribution < 1.29 is 22.7 Å². The van der Waals surface area contributed by atoms with E-state index in [2.05, 4.69) is 4.74 Å². The summed E-state index contributed by atoms with van der Waals surface area (Å²) in [7, 11) is 0. The smallest absolute Gasteiger partial charge is 0.422 e. The van der Waals surface area contributed by atoms with Gasteiger partial charge in [-0.2, -0.15) is 13.2 Å². The van der Waals surface area contributed by atoms with Crippen LogP contribution in [0.15, 0.2) is 12.2 Å². The van der Waals surface area contributed by atoms with Gasteiger partial charge in [0.15, 0.2) is 6.61 Å². The number of rotatable bonds is 5. The van der Waals surface area contributed by atoms with Crippen LogP contribution in [0.4, 0.5) is 13.2 Å². The molecule has 2 nitrogen and oxygen atoms in total. The Morgan fingerprint density at radius 1 is 1.43 bits per heavy atom. The van der Waals surface area contributed by atoms with Crippen molar-refractivity contribution in [2.75, 3.05) is 6.61 Å². The highest BCUT2D eigenvalue weighted by molar-refractivity contribution is 5.81. The molecule has 0 rings (SSSR count). The maximum absolute atomic E-state index is 11.6. The van der Waals surface area contributed by atoms with Crippen molar-refractivity contribution in [3.8, 4) is 0 Å². The van der Waals surface area contributed by atoms with Crippen LogP contribution in [0, 0.1) is 0 Å². The van der Waals surface area contributed by atoms with Crippen molar-refractivity contribution in [3.63, 3.8) is 0 Å². The molecule has 0 aromatic carbocycles. The highest BCUT2D eigenvalue weighted by Crippen LogP contribution is 2.14. The van der Waals surface area contributed by atoms with Gasteiger partial charge in [-0.25, -0.2) is 4.79 Å². The zero-order chi connectivity index (χ0) is 11.0. The second kappa shape index (κ2) is 6.45. The van der Waals surface area contributed by atoms with Gasteiger partial charge in [0.05, 0.1) is 0 Å². The Kier molecular flexibility index (Phi) is 5.99. The van der Waals surface area contributed by atoms with E-state index in [1.807, 2.05) is 6.92 Å². The molecule has 5 heteroatoms. The van der Waals surface area contributed by atoms with Crippen LogP contribution in [-0.4, -0.2) is 18.8 Å². The lowest BCUT2D eigenvalue weighted by Gasteiger charge is -2.04. The van der Waals surface area contributed by atoms with Gasteiger partial charge in [-0.15, -0.1) is 0 Å². The number of allylic oxidation sites excluding steroid dienone is 1. The normalized spacial score (nSPS) is 12.0. The van der Waals surface area contributed by atoms with Crippen LogP contribution < -0.4 is 0 Å². The number of unbranched alkanes of at least 4 members (excludes halogenated alkanes) is 2. The van der Waals surface area contributed by atoms with Gasteiger partial charge in [0.25, 0.3) is 0 Å². The minimum absolute atomic E-state index is 0.678. The van der Waals surface area contributed by atoms with E-state index in [4.69, 9.17) is 0 Å². The first kappa shape index (κ1) is 13.0. The molecule has 0 aliphatic rings. The third-order valence-corrected chi connectivity index (χ3v) is 1.36. The molecule has 0 unspecified atom stereocenters. The van der Waals surface area contributed by atoms with Crippen LogP contribution >= 0.6 is 0 Å². The van der Waals surface area contributed by atoms with Crippen LogP contribution in [0.25, 0.3) is 0 Å². The Balaban J connectivity index is 3.60. The minimum atomic E-state index is -4.45. The van der Waals surface area contributed by atoms with Crippen molar-refractivity contribution in [1.29, 1.82) is 0 Å². The molecule has 0 saturated heterocycles. The molecule has 0 aromatic heterocycles. The lowest BCUT2D eigenvalue weighted by Crippen LogP contribution is -2.19. The highest BCUT2D eigenvalue weighted by atomic mass is 19.4. The quantitative estimate of drug-likeness (QED) is 0.396. The second-order valence-corrected chi connectivity index (χ2v) is 2.77.